The van der Waals surface area contributed by atoms with Gasteiger partial charge in [0.2, 0.25) is 0 Å². The van der Waals surface area contributed by atoms with E-state index in [4.69, 9.17) is 4.74 Å². The van der Waals surface area contributed by atoms with Crippen molar-refractivity contribution in [1.82, 2.24) is 14.3 Å². The van der Waals surface area contributed by atoms with Crippen molar-refractivity contribution in [2.24, 2.45) is 11.8 Å². The lowest BCUT2D eigenvalue weighted by Gasteiger charge is -2.37. The summed E-state index contributed by atoms with van der Waals surface area (Å²) in [4.78, 5) is 18.1. The Hall–Kier alpha value is -4.04. The third-order valence-electron chi connectivity index (χ3n) is 8.23. The average Bonchev–Trinajstić information content (AvgIpc) is 3.16. The van der Waals surface area contributed by atoms with Gasteiger partial charge in [-0.15, -0.1) is 0 Å². The number of phenols is 1. The molecule has 216 valence electrons. The van der Waals surface area contributed by atoms with Crippen LogP contribution in [-0.4, -0.2) is 58.3 Å². The lowest BCUT2D eigenvalue weighted by Crippen LogP contribution is -2.46. The summed E-state index contributed by atoms with van der Waals surface area (Å²) < 4.78 is 9.44. The molecule has 1 unspecified atom stereocenters. The molecule has 1 saturated heterocycles. The highest BCUT2D eigenvalue weighted by Gasteiger charge is 2.22. The molecule has 3 aromatic rings. The maximum absolute atomic E-state index is 13.4. The van der Waals surface area contributed by atoms with Crippen LogP contribution in [-0.2, 0) is 11.3 Å². The number of aryl methyl sites for hydroxylation is 1. The van der Waals surface area contributed by atoms with E-state index >= 15 is 0 Å². The molecule has 0 bridgehead atoms. The van der Waals surface area contributed by atoms with Gasteiger partial charge < -0.3 is 19.6 Å². The van der Waals surface area contributed by atoms with Crippen LogP contribution in [0.2, 0.25) is 0 Å². The molecule has 41 heavy (non-hydrogen) atoms. The van der Waals surface area contributed by atoms with Crippen molar-refractivity contribution in [2.75, 3.05) is 42.6 Å². The number of aromatic nitrogens is 3. The van der Waals surface area contributed by atoms with Crippen LogP contribution in [0.1, 0.15) is 25.8 Å². The van der Waals surface area contributed by atoms with Crippen molar-refractivity contribution in [2.45, 2.75) is 39.8 Å². The van der Waals surface area contributed by atoms with E-state index in [0.29, 0.717) is 13.2 Å². The minimum Gasteiger partial charge on any atom is -0.508 e. The fourth-order valence-electron chi connectivity index (χ4n) is 5.57. The van der Waals surface area contributed by atoms with Gasteiger partial charge in [0.05, 0.1) is 24.9 Å². The molecule has 5 rings (SSSR count). The number of phenolic OH excluding ortho intramolecular Hbond substituents is 1. The van der Waals surface area contributed by atoms with Gasteiger partial charge in [0.1, 0.15) is 12.1 Å². The summed E-state index contributed by atoms with van der Waals surface area (Å²) in [7, 11) is 0. The lowest BCUT2D eigenvalue weighted by atomic mass is 10.0. The van der Waals surface area contributed by atoms with Crippen molar-refractivity contribution in [3.8, 4) is 11.4 Å². The summed E-state index contributed by atoms with van der Waals surface area (Å²) in [5.41, 5.74) is 4.04. The molecular weight excluding hydrogens is 514 g/mol. The highest BCUT2D eigenvalue weighted by Crippen LogP contribution is 2.25. The number of ether oxygens (including phenoxy) is 1. The number of piperazine rings is 1. The molecule has 2 heterocycles. The Morgan fingerprint density at radius 3 is 2.22 bits per heavy atom. The fourth-order valence-corrected chi connectivity index (χ4v) is 5.57. The number of benzene rings is 2. The minimum atomic E-state index is -0.130. The van der Waals surface area contributed by atoms with E-state index < -0.39 is 0 Å². The largest absolute Gasteiger partial charge is 0.508 e. The van der Waals surface area contributed by atoms with Crippen molar-refractivity contribution in [1.29, 1.82) is 0 Å². The predicted octanol–water partition coefficient (Wildman–Crippen LogP) is 5.10. The molecule has 1 aliphatic carbocycles. The lowest BCUT2D eigenvalue weighted by molar-refractivity contribution is 0.0101. The monoisotopic (exact) mass is 555 g/mol. The molecule has 2 aliphatic rings. The van der Waals surface area contributed by atoms with Crippen molar-refractivity contribution in [3.63, 3.8) is 0 Å². The van der Waals surface area contributed by atoms with Gasteiger partial charge in [-0.05, 0) is 68.3 Å². The minimum absolute atomic E-state index is 0.00518. The highest BCUT2D eigenvalue weighted by molar-refractivity contribution is 5.57. The Balaban J connectivity index is 1.20. The number of rotatable bonds is 10. The number of nitrogens with zero attached hydrogens (tertiary/aromatic N) is 5. The first-order chi connectivity index (χ1) is 19.9. The molecule has 0 amide bonds. The van der Waals surface area contributed by atoms with Crippen LogP contribution >= 0.6 is 0 Å². The van der Waals surface area contributed by atoms with E-state index in [9.17, 15) is 9.90 Å². The van der Waals surface area contributed by atoms with Crippen molar-refractivity contribution in [3.05, 3.63) is 101 Å². The molecule has 8 heteroatoms. The zero-order chi connectivity index (χ0) is 28.8. The van der Waals surface area contributed by atoms with Crippen LogP contribution in [0.15, 0.2) is 90.0 Å². The number of hydrogen-bond donors (Lipinski definition) is 1. The van der Waals surface area contributed by atoms with Gasteiger partial charge in [-0.3, -0.25) is 0 Å². The van der Waals surface area contributed by atoms with Gasteiger partial charge >= 0.3 is 5.69 Å². The Morgan fingerprint density at radius 2 is 1.59 bits per heavy atom. The van der Waals surface area contributed by atoms with Crippen LogP contribution in [0, 0.1) is 18.8 Å². The summed E-state index contributed by atoms with van der Waals surface area (Å²) in [6.07, 6.45) is 15.0. The van der Waals surface area contributed by atoms with Crippen LogP contribution in [0.5, 0.6) is 5.75 Å². The van der Waals surface area contributed by atoms with Crippen LogP contribution in [0.3, 0.4) is 0 Å². The zero-order valence-corrected chi connectivity index (χ0v) is 24.3. The maximum atomic E-state index is 13.4. The third-order valence-corrected chi connectivity index (χ3v) is 8.23. The zero-order valence-electron chi connectivity index (χ0n) is 24.3. The van der Waals surface area contributed by atoms with Gasteiger partial charge in [-0.1, -0.05) is 43.4 Å². The second-order valence-corrected chi connectivity index (χ2v) is 11.0. The Labute approximate surface area is 242 Å². The van der Waals surface area contributed by atoms with Gasteiger partial charge in [-0.2, -0.15) is 5.10 Å². The number of hydrogen-bond acceptors (Lipinski definition) is 6. The quantitative estimate of drug-likeness (QED) is 0.375. The second kappa shape index (κ2) is 13.1. The standard InChI is InChI=1S/C33H41N5O3/c1-4-28(26(3)41-23-27-9-7-5-6-8-10-27)22-38-33(40)37(24-34-38)32-16-13-30(21-25(32)2)36-19-17-35(18-20-36)29-11-14-31(39)15-12-29/h5-16,21,24,26-28,39H,4,17-20,22-23H2,1-3H3/t26-,28?/m0/s1. The fraction of sp³-hybridized carbons (Fsp3) is 0.394. The SMILES string of the molecule is CCC(Cn1ncn(-c2ccc(N3CCN(c4ccc(O)cc4)CC3)cc2C)c1=O)[C@H](C)OCC1C=CC=CC=C1. The third kappa shape index (κ3) is 6.82. The first-order valence-electron chi connectivity index (χ1n) is 14.6. The average molecular weight is 556 g/mol. The second-order valence-electron chi connectivity index (χ2n) is 11.0. The Bertz CT molecular complexity index is 1430. The molecule has 1 aliphatic heterocycles. The van der Waals surface area contributed by atoms with Gasteiger partial charge in [0, 0.05) is 49.4 Å². The molecule has 1 N–H and O–H groups in total. The summed E-state index contributed by atoms with van der Waals surface area (Å²) in [5.74, 6) is 0.716. The van der Waals surface area contributed by atoms with Crippen LogP contribution in [0.4, 0.5) is 11.4 Å². The molecule has 0 saturated carbocycles. The molecule has 1 fully saturated rings. The van der Waals surface area contributed by atoms with Gasteiger partial charge in [0.15, 0.2) is 0 Å². The van der Waals surface area contributed by atoms with Gasteiger partial charge in [-0.25, -0.2) is 14.0 Å². The summed E-state index contributed by atoms with van der Waals surface area (Å²) in [6.45, 7) is 11.0. The van der Waals surface area contributed by atoms with E-state index in [1.54, 1.807) is 27.7 Å². The molecule has 2 atom stereocenters. The molecule has 2 aromatic carbocycles. The molecular formula is C33H41N5O3. The predicted molar refractivity (Wildman–Crippen MR) is 165 cm³/mol. The first-order valence-corrected chi connectivity index (χ1v) is 14.6. The van der Waals surface area contributed by atoms with Crippen molar-refractivity contribution >= 4 is 11.4 Å². The summed E-state index contributed by atoms with van der Waals surface area (Å²) in [6, 6.07) is 13.7. The van der Waals surface area contributed by atoms with Crippen LogP contribution < -0.4 is 15.5 Å². The van der Waals surface area contributed by atoms with E-state index in [0.717, 1.165) is 55.2 Å². The normalized spacial score (nSPS) is 17.1. The van der Waals surface area contributed by atoms with E-state index in [2.05, 4.69) is 65.2 Å². The van der Waals surface area contributed by atoms with E-state index in [1.807, 2.05) is 37.3 Å². The van der Waals surface area contributed by atoms with Gasteiger partial charge in [0.25, 0.3) is 0 Å². The topological polar surface area (TPSA) is 75.8 Å². The van der Waals surface area contributed by atoms with E-state index in [-0.39, 0.29) is 29.4 Å². The number of allylic oxidation sites excluding steroid dienone is 4. The molecule has 0 radical (unpaired) electrons. The smallest absolute Gasteiger partial charge is 0.350 e. The number of anilines is 2. The summed E-state index contributed by atoms with van der Waals surface area (Å²) in [5, 5.41) is 14.0. The molecule has 0 spiro atoms. The Morgan fingerprint density at radius 1 is 0.951 bits per heavy atom. The maximum Gasteiger partial charge on any atom is 0.350 e. The Kier molecular flexibility index (Phi) is 9.09. The highest BCUT2D eigenvalue weighted by atomic mass is 16.5. The molecule has 8 nitrogen and oxygen atoms in total. The molecule has 1 aromatic heterocycles. The summed E-state index contributed by atoms with van der Waals surface area (Å²) >= 11 is 0. The first kappa shape index (κ1) is 28.5. The number of aromatic hydroxyl groups is 1. The van der Waals surface area contributed by atoms with Crippen LogP contribution in [0.25, 0.3) is 5.69 Å². The van der Waals surface area contributed by atoms with E-state index in [1.165, 1.54) is 0 Å². The van der Waals surface area contributed by atoms with Crippen molar-refractivity contribution < 1.29 is 9.84 Å².